The minimum Gasteiger partial charge on any atom is -0.288 e. The first-order valence-corrected chi connectivity index (χ1v) is 4.44. The molecule has 0 N–H and O–H groups in total. The van der Waals surface area contributed by atoms with E-state index in [4.69, 9.17) is 5.26 Å². The summed E-state index contributed by atoms with van der Waals surface area (Å²) in [4.78, 5) is 2.30. The molecule has 11 heavy (non-hydrogen) atoms. The highest BCUT2D eigenvalue weighted by Gasteiger charge is 2.63. The van der Waals surface area contributed by atoms with Gasteiger partial charge in [-0.15, -0.1) is 0 Å². The standard InChI is InChI=1S/C9H12N2/c1-11-8-3-7(9(11)4-10)5-2-6(5)8/h5-9H,2-3H2,1H3. The van der Waals surface area contributed by atoms with Crippen molar-refractivity contribution >= 4 is 0 Å². The number of fused-ring (bicyclic) bond motifs is 5. The Bertz CT molecular complexity index is 242. The van der Waals surface area contributed by atoms with Crippen molar-refractivity contribution in [3.05, 3.63) is 0 Å². The second-order valence-corrected chi connectivity index (χ2v) is 4.27. The van der Waals surface area contributed by atoms with Crippen LogP contribution in [0.25, 0.3) is 0 Å². The molecule has 0 aromatic carbocycles. The molecule has 0 radical (unpaired) electrons. The van der Waals surface area contributed by atoms with Crippen molar-refractivity contribution in [2.45, 2.75) is 24.9 Å². The van der Waals surface area contributed by atoms with Crippen molar-refractivity contribution in [3.63, 3.8) is 0 Å². The molecule has 1 aliphatic heterocycles. The fourth-order valence-corrected chi connectivity index (χ4v) is 3.33. The lowest BCUT2D eigenvalue weighted by molar-refractivity contribution is 0.205. The van der Waals surface area contributed by atoms with Crippen molar-refractivity contribution in [2.75, 3.05) is 7.05 Å². The molecule has 3 aliphatic rings. The lowest BCUT2D eigenvalue weighted by atomic mass is 9.98. The minimum atomic E-state index is 0.253. The molecule has 5 unspecified atom stereocenters. The normalized spacial score (nSPS) is 59.1. The number of nitrogens with zero attached hydrogens (tertiary/aromatic N) is 2. The Morgan fingerprint density at radius 2 is 2.09 bits per heavy atom. The third-order valence-corrected chi connectivity index (χ3v) is 3.95. The Labute approximate surface area is 66.8 Å². The van der Waals surface area contributed by atoms with Crippen molar-refractivity contribution in [1.82, 2.24) is 4.90 Å². The van der Waals surface area contributed by atoms with Crippen LogP contribution in [0.4, 0.5) is 0 Å². The molecule has 2 saturated carbocycles. The fourth-order valence-electron chi connectivity index (χ4n) is 3.33. The van der Waals surface area contributed by atoms with Crippen molar-refractivity contribution in [1.29, 1.82) is 5.26 Å². The van der Waals surface area contributed by atoms with E-state index in [9.17, 15) is 0 Å². The van der Waals surface area contributed by atoms with Crippen LogP contribution in [0, 0.1) is 29.1 Å². The summed E-state index contributed by atoms with van der Waals surface area (Å²) in [6.07, 6.45) is 2.72. The minimum absolute atomic E-state index is 0.253. The van der Waals surface area contributed by atoms with Gasteiger partial charge in [0.2, 0.25) is 0 Å². The first-order valence-electron chi connectivity index (χ1n) is 4.44. The Kier molecular flexibility index (Phi) is 0.883. The molecule has 1 heterocycles. The van der Waals surface area contributed by atoms with E-state index >= 15 is 0 Å². The van der Waals surface area contributed by atoms with Gasteiger partial charge in [-0.05, 0) is 37.6 Å². The van der Waals surface area contributed by atoms with Gasteiger partial charge in [0, 0.05) is 6.04 Å². The summed E-state index contributed by atoms with van der Waals surface area (Å²) >= 11 is 0. The molecule has 2 bridgehead atoms. The highest BCUT2D eigenvalue weighted by molar-refractivity contribution is 5.19. The molecule has 0 aromatic rings. The van der Waals surface area contributed by atoms with Gasteiger partial charge in [-0.25, -0.2) is 0 Å². The van der Waals surface area contributed by atoms with Gasteiger partial charge < -0.3 is 0 Å². The predicted octanol–water partition coefficient (Wildman–Crippen LogP) is 0.849. The van der Waals surface area contributed by atoms with Gasteiger partial charge in [0.1, 0.15) is 6.04 Å². The Morgan fingerprint density at radius 3 is 2.73 bits per heavy atom. The van der Waals surface area contributed by atoms with Crippen molar-refractivity contribution in [2.24, 2.45) is 17.8 Å². The highest BCUT2D eigenvalue weighted by atomic mass is 15.2. The van der Waals surface area contributed by atoms with Crippen LogP contribution in [0.3, 0.4) is 0 Å². The number of hydrogen-bond acceptors (Lipinski definition) is 2. The third-order valence-electron chi connectivity index (χ3n) is 3.95. The van der Waals surface area contributed by atoms with Crippen LogP contribution in [0.1, 0.15) is 12.8 Å². The molecule has 3 fully saturated rings. The van der Waals surface area contributed by atoms with Crippen LogP contribution in [-0.4, -0.2) is 24.0 Å². The topological polar surface area (TPSA) is 27.0 Å². The molecule has 1 saturated heterocycles. The second-order valence-electron chi connectivity index (χ2n) is 4.27. The molecule has 2 nitrogen and oxygen atoms in total. The lowest BCUT2D eigenvalue weighted by Gasteiger charge is -2.26. The number of likely N-dealkylation sites (tertiary alicyclic amines) is 1. The van der Waals surface area contributed by atoms with Gasteiger partial charge in [0.15, 0.2) is 0 Å². The zero-order chi connectivity index (χ0) is 7.59. The SMILES string of the molecule is CN1C(C#N)C2CC1C1CC21. The van der Waals surface area contributed by atoms with Gasteiger partial charge in [-0.2, -0.15) is 5.26 Å². The van der Waals surface area contributed by atoms with Gasteiger partial charge in [-0.1, -0.05) is 0 Å². The Hall–Kier alpha value is -0.550. The van der Waals surface area contributed by atoms with E-state index < -0.39 is 0 Å². The largest absolute Gasteiger partial charge is 0.288 e. The highest BCUT2D eigenvalue weighted by Crippen LogP contribution is 2.62. The maximum absolute atomic E-state index is 8.90. The molecule has 3 rings (SSSR count). The molecule has 2 aliphatic carbocycles. The number of nitriles is 1. The maximum Gasteiger partial charge on any atom is 0.101 e. The smallest absolute Gasteiger partial charge is 0.101 e. The van der Waals surface area contributed by atoms with Crippen LogP contribution in [0.2, 0.25) is 0 Å². The first-order chi connectivity index (χ1) is 5.33. The van der Waals surface area contributed by atoms with E-state index in [1.807, 2.05) is 0 Å². The lowest BCUT2D eigenvalue weighted by Crippen LogP contribution is -2.37. The predicted molar refractivity (Wildman–Crippen MR) is 40.7 cm³/mol. The van der Waals surface area contributed by atoms with Gasteiger partial charge in [0.25, 0.3) is 0 Å². The van der Waals surface area contributed by atoms with Crippen LogP contribution in [0.15, 0.2) is 0 Å². The third kappa shape index (κ3) is 0.530. The van der Waals surface area contributed by atoms with Crippen molar-refractivity contribution in [3.8, 4) is 6.07 Å². The average molecular weight is 148 g/mol. The molecular formula is C9H12N2. The number of hydrogen-bond donors (Lipinski definition) is 0. The van der Waals surface area contributed by atoms with Gasteiger partial charge in [-0.3, -0.25) is 4.90 Å². The molecule has 58 valence electrons. The zero-order valence-electron chi connectivity index (χ0n) is 6.70. The van der Waals surface area contributed by atoms with Crippen LogP contribution in [0.5, 0.6) is 0 Å². The summed E-state index contributed by atoms with van der Waals surface area (Å²) in [5.74, 6) is 2.66. The van der Waals surface area contributed by atoms with E-state index in [2.05, 4.69) is 18.0 Å². The summed E-state index contributed by atoms with van der Waals surface area (Å²) in [5.41, 5.74) is 0. The molecule has 0 amide bonds. The van der Waals surface area contributed by atoms with E-state index in [-0.39, 0.29) is 6.04 Å². The summed E-state index contributed by atoms with van der Waals surface area (Å²) < 4.78 is 0. The molecular weight excluding hydrogens is 136 g/mol. The maximum atomic E-state index is 8.90. The van der Waals surface area contributed by atoms with Crippen LogP contribution < -0.4 is 0 Å². The van der Waals surface area contributed by atoms with E-state index in [1.165, 1.54) is 12.8 Å². The summed E-state index contributed by atoms with van der Waals surface area (Å²) in [7, 11) is 2.12. The summed E-state index contributed by atoms with van der Waals surface area (Å²) in [5, 5.41) is 8.90. The van der Waals surface area contributed by atoms with E-state index in [0.717, 1.165) is 23.8 Å². The second kappa shape index (κ2) is 1.61. The number of rotatable bonds is 0. The summed E-state index contributed by atoms with van der Waals surface area (Å²) in [6.45, 7) is 0. The van der Waals surface area contributed by atoms with Crippen molar-refractivity contribution < 1.29 is 0 Å². The molecule has 2 heteroatoms. The van der Waals surface area contributed by atoms with Crippen LogP contribution >= 0.6 is 0 Å². The number of piperidine rings is 1. The van der Waals surface area contributed by atoms with Gasteiger partial charge >= 0.3 is 0 Å². The van der Waals surface area contributed by atoms with Gasteiger partial charge in [0.05, 0.1) is 6.07 Å². The van der Waals surface area contributed by atoms with Crippen LogP contribution in [-0.2, 0) is 0 Å². The quantitative estimate of drug-likeness (QED) is 0.509. The zero-order valence-corrected chi connectivity index (χ0v) is 6.70. The van der Waals surface area contributed by atoms with E-state index in [1.54, 1.807) is 0 Å². The molecule has 5 atom stereocenters. The monoisotopic (exact) mass is 148 g/mol. The first kappa shape index (κ1) is 6.02. The summed E-state index contributed by atoms with van der Waals surface area (Å²) in [6, 6.07) is 3.45. The molecule has 0 spiro atoms. The van der Waals surface area contributed by atoms with E-state index in [0.29, 0.717) is 0 Å². The average Bonchev–Trinajstić information content (AvgIpc) is 2.64. The fraction of sp³-hybridized carbons (Fsp3) is 0.889. The molecule has 0 aromatic heterocycles. The Balaban J connectivity index is 1.96. The Morgan fingerprint density at radius 1 is 1.27 bits per heavy atom.